The van der Waals surface area contributed by atoms with E-state index in [0.717, 1.165) is 13.0 Å². The van der Waals surface area contributed by atoms with Crippen LogP contribution in [0.25, 0.3) is 0 Å². The first kappa shape index (κ1) is 17.2. The van der Waals surface area contributed by atoms with Gasteiger partial charge in [-0.3, -0.25) is 0 Å². The Kier molecular flexibility index (Phi) is 5.43. The van der Waals surface area contributed by atoms with Crippen molar-refractivity contribution in [3.05, 3.63) is 34.4 Å². The zero-order valence-electron chi connectivity index (χ0n) is 14.8. The Balaban J connectivity index is 2.71. The van der Waals surface area contributed by atoms with Gasteiger partial charge in [-0.05, 0) is 83.0 Å². The van der Waals surface area contributed by atoms with Crippen LogP contribution in [0.4, 0.5) is 0 Å². The van der Waals surface area contributed by atoms with Gasteiger partial charge in [-0.1, -0.05) is 31.5 Å². The molecular weight excluding hydrogens is 242 g/mol. The van der Waals surface area contributed by atoms with Gasteiger partial charge in [0.15, 0.2) is 0 Å². The Morgan fingerprint density at radius 3 is 1.85 bits per heavy atom. The van der Waals surface area contributed by atoms with Crippen molar-refractivity contribution in [2.45, 2.75) is 73.8 Å². The Hall–Kier alpha value is -0.820. The summed E-state index contributed by atoms with van der Waals surface area (Å²) < 4.78 is 0. The van der Waals surface area contributed by atoms with E-state index in [2.05, 4.69) is 72.8 Å². The summed E-state index contributed by atoms with van der Waals surface area (Å²) >= 11 is 0. The first-order valence-electron chi connectivity index (χ1n) is 7.82. The van der Waals surface area contributed by atoms with Gasteiger partial charge in [0.2, 0.25) is 0 Å². The second kappa shape index (κ2) is 6.30. The fourth-order valence-electron chi connectivity index (χ4n) is 2.83. The first-order valence-corrected chi connectivity index (χ1v) is 7.82. The molecule has 0 heterocycles. The van der Waals surface area contributed by atoms with Crippen molar-refractivity contribution < 1.29 is 0 Å². The van der Waals surface area contributed by atoms with E-state index < -0.39 is 0 Å². The van der Waals surface area contributed by atoms with E-state index in [1.165, 1.54) is 28.7 Å². The Morgan fingerprint density at radius 2 is 1.40 bits per heavy atom. The number of nitrogens with one attached hydrogen (secondary N) is 1. The Labute approximate surface area is 126 Å². The van der Waals surface area contributed by atoms with Gasteiger partial charge in [0.1, 0.15) is 0 Å². The molecule has 1 rings (SSSR count). The minimum atomic E-state index is 0.214. The van der Waals surface area contributed by atoms with Gasteiger partial charge in [-0.2, -0.15) is 0 Å². The van der Waals surface area contributed by atoms with Gasteiger partial charge in [0, 0.05) is 5.54 Å². The maximum Gasteiger partial charge on any atom is 0.00965 e. The van der Waals surface area contributed by atoms with Crippen LogP contribution in [0.15, 0.2) is 12.1 Å². The Morgan fingerprint density at radius 1 is 0.900 bits per heavy atom. The molecular formula is C19H33N. The average Bonchev–Trinajstić information content (AvgIpc) is 2.21. The fourth-order valence-corrected chi connectivity index (χ4v) is 2.83. The zero-order valence-corrected chi connectivity index (χ0v) is 14.8. The molecule has 0 fully saturated rings. The highest BCUT2D eigenvalue weighted by atomic mass is 14.9. The van der Waals surface area contributed by atoms with Crippen LogP contribution in [0.5, 0.6) is 0 Å². The maximum absolute atomic E-state index is 3.60. The van der Waals surface area contributed by atoms with Gasteiger partial charge >= 0.3 is 0 Å². The van der Waals surface area contributed by atoms with E-state index in [1.807, 2.05) is 0 Å². The molecule has 1 heteroatoms. The molecule has 1 aromatic carbocycles. The van der Waals surface area contributed by atoms with Crippen LogP contribution in [0.3, 0.4) is 0 Å². The highest BCUT2D eigenvalue weighted by Crippen LogP contribution is 2.29. The number of hydrogen-bond donors (Lipinski definition) is 1. The van der Waals surface area contributed by atoms with Crippen LogP contribution in [0.2, 0.25) is 0 Å². The highest BCUT2D eigenvalue weighted by Gasteiger charge is 2.21. The van der Waals surface area contributed by atoms with Gasteiger partial charge < -0.3 is 5.32 Å². The van der Waals surface area contributed by atoms with E-state index in [0.29, 0.717) is 5.41 Å². The summed E-state index contributed by atoms with van der Waals surface area (Å²) in [6, 6.07) is 4.62. The molecule has 1 nitrogen and oxygen atoms in total. The van der Waals surface area contributed by atoms with Gasteiger partial charge in [0.25, 0.3) is 0 Å². The zero-order chi connectivity index (χ0) is 15.6. The topological polar surface area (TPSA) is 12.0 Å². The molecule has 20 heavy (non-hydrogen) atoms. The van der Waals surface area contributed by atoms with Crippen molar-refractivity contribution in [2.75, 3.05) is 6.54 Å². The van der Waals surface area contributed by atoms with E-state index in [9.17, 15) is 0 Å². The molecule has 0 spiro atoms. The first-order chi connectivity index (χ1) is 9.00. The standard InChI is InChI=1S/C19H33N/c1-14-11-15(2)17(16(3)12-14)13-19(7,8)9-10-20-18(4,5)6/h11-12,20H,9-10,13H2,1-8H3. The molecule has 0 aliphatic rings. The molecule has 0 radical (unpaired) electrons. The molecule has 114 valence electrons. The lowest BCUT2D eigenvalue weighted by Gasteiger charge is -2.29. The summed E-state index contributed by atoms with van der Waals surface area (Å²) in [4.78, 5) is 0. The van der Waals surface area contributed by atoms with E-state index in [-0.39, 0.29) is 5.54 Å². The van der Waals surface area contributed by atoms with Crippen molar-refractivity contribution in [1.82, 2.24) is 5.32 Å². The van der Waals surface area contributed by atoms with Gasteiger partial charge in [-0.15, -0.1) is 0 Å². The highest BCUT2D eigenvalue weighted by molar-refractivity contribution is 5.38. The monoisotopic (exact) mass is 275 g/mol. The minimum Gasteiger partial charge on any atom is -0.312 e. The molecule has 0 bridgehead atoms. The van der Waals surface area contributed by atoms with Crippen LogP contribution in [0.1, 0.15) is 63.3 Å². The molecule has 0 aliphatic heterocycles. The second-order valence-corrected chi connectivity index (χ2v) is 8.15. The van der Waals surface area contributed by atoms with Gasteiger partial charge in [-0.25, -0.2) is 0 Å². The van der Waals surface area contributed by atoms with Crippen LogP contribution in [0, 0.1) is 26.2 Å². The molecule has 0 saturated carbocycles. The number of hydrogen-bond acceptors (Lipinski definition) is 1. The summed E-state index contributed by atoms with van der Waals surface area (Å²) in [7, 11) is 0. The smallest absolute Gasteiger partial charge is 0.00965 e. The molecule has 0 unspecified atom stereocenters. The maximum atomic E-state index is 3.60. The van der Waals surface area contributed by atoms with Crippen molar-refractivity contribution in [3.63, 3.8) is 0 Å². The van der Waals surface area contributed by atoms with Gasteiger partial charge in [0.05, 0.1) is 0 Å². The van der Waals surface area contributed by atoms with E-state index in [1.54, 1.807) is 0 Å². The molecule has 0 aromatic heterocycles. The van der Waals surface area contributed by atoms with Crippen LogP contribution >= 0.6 is 0 Å². The second-order valence-electron chi connectivity index (χ2n) is 8.15. The normalized spacial score (nSPS) is 12.8. The van der Waals surface area contributed by atoms with Crippen molar-refractivity contribution in [3.8, 4) is 0 Å². The fraction of sp³-hybridized carbons (Fsp3) is 0.684. The third-order valence-corrected chi connectivity index (χ3v) is 3.95. The molecule has 1 aromatic rings. The Bertz CT molecular complexity index is 426. The summed E-state index contributed by atoms with van der Waals surface area (Å²) in [6.45, 7) is 19.2. The van der Waals surface area contributed by atoms with Crippen molar-refractivity contribution in [1.29, 1.82) is 0 Å². The third kappa shape index (κ3) is 5.66. The van der Waals surface area contributed by atoms with Crippen molar-refractivity contribution >= 4 is 0 Å². The molecule has 1 N–H and O–H groups in total. The van der Waals surface area contributed by atoms with Crippen LogP contribution < -0.4 is 5.32 Å². The summed E-state index contributed by atoms with van der Waals surface area (Å²) in [5.41, 5.74) is 6.35. The van der Waals surface area contributed by atoms with Crippen LogP contribution in [-0.4, -0.2) is 12.1 Å². The lowest BCUT2D eigenvalue weighted by atomic mass is 9.80. The van der Waals surface area contributed by atoms with E-state index >= 15 is 0 Å². The average molecular weight is 275 g/mol. The number of aryl methyl sites for hydroxylation is 3. The van der Waals surface area contributed by atoms with Crippen molar-refractivity contribution in [2.24, 2.45) is 5.41 Å². The largest absolute Gasteiger partial charge is 0.312 e. The molecule has 0 atom stereocenters. The summed E-state index contributed by atoms with van der Waals surface area (Å²) in [6.07, 6.45) is 2.37. The molecule has 0 saturated heterocycles. The SMILES string of the molecule is Cc1cc(C)c(CC(C)(C)CCNC(C)(C)C)c(C)c1. The lowest BCUT2D eigenvalue weighted by Crippen LogP contribution is -2.38. The summed E-state index contributed by atoms with van der Waals surface area (Å²) in [5, 5.41) is 3.60. The predicted octanol–water partition coefficient (Wildman–Crippen LogP) is 4.96. The van der Waals surface area contributed by atoms with Crippen LogP contribution in [-0.2, 0) is 6.42 Å². The molecule has 0 amide bonds. The minimum absolute atomic E-state index is 0.214. The predicted molar refractivity (Wildman–Crippen MR) is 90.5 cm³/mol. The molecule has 0 aliphatic carbocycles. The number of benzene rings is 1. The summed E-state index contributed by atoms with van der Waals surface area (Å²) in [5.74, 6) is 0. The number of rotatable bonds is 5. The lowest BCUT2D eigenvalue weighted by molar-refractivity contribution is 0.301. The third-order valence-electron chi connectivity index (χ3n) is 3.95. The van der Waals surface area contributed by atoms with E-state index in [4.69, 9.17) is 0 Å². The quantitative estimate of drug-likeness (QED) is 0.801.